The fraction of sp³-hybridized carbons (Fsp3) is 0.381. The minimum atomic E-state index is -0.172. The molecule has 0 aromatic heterocycles. The second-order valence-electron chi connectivity index (χ2n) is 6.84. The number of amides is 1. The maximum atomic E-state index is 12.6. The number of ether oxygens (including phenoxy) is 1. The zero-order valence-electron chi connectivity index (χ0n) is 15.8. The van der Waals surface area contributed by atoms with E-state index in [1.165, 1.54) is 5.56 Å². The first-order valence-electron chi connectivity index (χ1n) is 9.21. The SMILES string of the molecule is COc1cccc(NC(=O)[C@H](C)N2CCN(Cc3ccc(Cl)cc3)CC2)c1. The lowest BCUT2D eigenvalue weighted by molar-refractivity contribution is -0.121. The van der Waals surface area contributed by atoms with Gasteiger partial charge in [-0.05, 0) is 36.8 Å². The molecule has 1 heterocycles. The molecule has 0 unspecified atom stereocenters. The van der Waals surface area contributed by atoms with Crippen LogP contribution in [-0.4, -0.2) is 55.0 Å². The van der Waals surface area contributed by atoms with Gasteiger partial charge in [0.2, 0.25) is 5.91 Å². The predicted octanol–water partition coefficient (Wildman–Crippen LogP) is 3.49. The Morgan fingerprint density at radius 3 is 2.52 bits per heavy atom. The summed E-state index contributed by atoms with van der Waals surface area (Å²) in [7, 11) is 1.62. The van der Waals surface area contributed by atoms with Crippen molar-refractivity contribution in [3.05, 3.63) is 59.1 Å². The third-order valence-electron chi connectivity index (χ3n) is 4.99. The lowest BCUT2D eigenvalue weighted by atomic mass is 10.1. The monoisotopic (exact) mass is 387 g/mol. The maximum Gasteiger partial charge on any atom is 0.241 e. The van der Waals surface area contributed by atoms with Gasteiger partial charge in [0, 0.05) is 49.5 Å². The standard InChI is InChI=1S/C21H26ClN3O2/c1-16(21(26)23-19-4-3-5-20(14-19)27-2)25-12-10-24(11-13-25)15-17-6-8-18(22)9-7-17/h3-9,14,16H,10-13,15H2,1-2H3,(H,23,26)/t16-/m0/s1. The molecule has 27 heavy (non-hydrogen) atoms. The van der Waals surface area contributed by atoms with Gasteiger partial charge in [-0.2, -0.15) is 0 Å². The number of piperazine rings is 1. The smallest absolute Gasteiger partial charge is 0.241 e. The van der Waals surface area contributed by atoms with Gasteiger partial charge in [0.1, 0.15) is 5.75 Å². The van der Waals surface area contributed by atoms with Gasteiger partial charge in [-0.25, -0.2) is 0 Å². The highest BCUT2D eigenvalue weighted by Gasteiger charge is 2.25. The van der Waals surface area contributed by atoms with E-state index in [0.717, 1.165) is 49.2 Å². The highest BCUT2D eigenvalue weighted by atomic mass is 35.5. The second-order valence-corrected chi connectivity index (χ2v) is 7.27. The molecular weight excluding hydrogens is 362 g/mol. The van der Waals surface area contributed by atoms with Crippen LogP contribution in [0.4, 0.5) is 5.69 Å². The Morgan fingerprint density at radius 2 is 1.85 bits per heavy atom. The predicted molar refractivity (Wildman–Crippen MR) is 109 cm³/mol. The second kappa shape index (κ2) is 9.22. The van der Waals surface area contributed by atoms with Crippen molar-refractivity contribution in [3.63, 3.8) is 0 Å². The van der Waals surface area contributed by atoms with Gasteiger partial charge in [0.25, 0.3) is 0 Å². The van der Waals surface area contributed by atoms with Gasteiger partial charge < -0.3 is 10.1 Å². The number of hydrogen-bond donors (Lipinski definition) is 1. The summed E-state index contributed by atoms with van der Waals surface area (Å²) in [6, 6.07) is 15.3. The van der Waals surface area contributed by atoms with E-state index in [0.29, 0.717) is 0 Å². The summed E-state index contributed by atoms with van der Waals surface area (Å²) in [5.41, 5.74) is 2.02. The highest BCUT2D eigenvalue weighted by molar-refractivity contribution is 6.30. The summed E-state index contributed by atoms with van der Waals surface area (Å²) in [5, 5.41) is 3.75. The van der Waals surface area contributed by atoms with E-state index in [2.05, 4.69) is 27.2 Å². The number of carbonyl (C=O) groups excluding carboxylic acids is 1. The first kappa shape index (κ1) is 19.7. The van der Waals surface area contributed by atoms with Crippen molar-refractivity contribution in [2.45, 2.75) is 19.5 Å². The Labute approximate surface area is 165 Å². The Morgan fingerprint density at radius 1 is 1.15 bits per heavy atom. The summed E-state index contributed by atoms with van der Waals surface area (Å²) >= 11 is 5.95. The lowest BCUT2D eigenvalue weighted by Crippen LogP contribution is -2.52. The average Bonchev–Trinajstić information content (AvgIpc) is 2.70. The van der Waals surface area contributed by atoms with Crippen LogP contribution in [0.1, 0.15) is 12.5 Å². The van der Waals surface area contributed by atoms with Crippen molar-refractivity contribution in [1.29, 1.82) is 0 Å². The van der Waals surface area contributed by atoms with Crippen molar-refractivity contribution in [3.8, 4) is 5.75 Å². The number of nitrogens with zero attached hydrogens (tertiary/aromatic N) is 2. The number of hydrogen-bond acceptors (Lipinski definition) is 4. The van der Waals surface area contributed by atoms with Crippen LogP contribution in [0.15, 0.2) is 48.5 Å². The summed E-state index contributed by atoms with van der Waals surface area (Å²) in [4.78, 5) is 17.2. The van der Waals surface area contributed by atoms with E-state index in [-0.39, 0.29) is 11.9 Å². The molecule has 0 radical (unpaired) electrons. The molecule has 1 aliphatic heterocycles. The maximum absolute atomic E-state index is 12.6. The van der Waals surface area contributed by atoms with Crippen molar-refractivity contribution in [2.75, 3.05) is 38.6 Å². The Balaban J connectivity index is 1.49. The number of carbonyl (C=O) groups is 1. The van der Waals surface area contributed by atoms with Gasteiger partial charge in [-0.3, -0.25) is 14.6 Å². The molecule has 0 bridgehead atoms. The summed E-state index contributed by atoms with van der Waals surface area (Å²) in [5.74, 6) is 0.741. The van der Waals surface area contributed by atoms with Gasteiger partial charge >= 0.3 is 0 Å². The third kappa shape index (κ3) is 5.45. The number of halogens is 1. The molecule has 1 N–H and O–H groups in total. The van der Waals surface area contributed by atoms with Gasteiger partial charge in [0.05, 0.1) is 13.2 Å². The topological polar surface area (TPSA) is 44.8 Å². The third-order valence-corrected chi connectivity index (χ3v) is 5.24. The number of nitrogens with one attached hydrogen (secondary N) is 1. The van der Waals surface area contributed by atoms with Crippen molar-refractivity contribution >= 4 is 23.2 Å². The van der Waals surface area contributed by atoms with Gasteiger partial charge in [0.15, 0.2) is 0 Å². The first-order valence-corrected chi connectivity index (χ1v) is 9.59. The van der Waals surface area contributed by atoms with Crippen LogP contribution < -0.4 is 10.1 Å². The molecule has 1 aliphatic rings. The van der Waals surface area contributed by atoms with Crippen molar-refractivity contribution < 1.29 is 9.53 Å². The van der Waals surface area contributed by atoms with Crippen LogP contribution >= 0.6 is 11.6 Å². The Bertz CT molecular complexity index is 758. The minimum absolute atomic E-state index is 0.00871. The van der Waals surface area contributed by atoms with E-state index in [9.17, 15) is 4.79 Å². The molecule has 2 aromatic rings. The van der Waals surface area contributed by atoms with Crippen LogP contribution in [0, 0.1) is 0 Å². The molecule has 6 heteroatoms. The summed E-state index contributed by atoms with van der Waals surface area (Å²) < 4.78 is 5.21. The van der Waals surface area contributed by atoms with E-state index in [1.807, 2.05) is 43.3 Å². The van der Waals surface area contributed by atoms with E-state index in [4.69, 9.17) is 16.3 Å². The number of rotatable bonds is 6. The molecule has 5 nitrogen and oxygen atoms in total. The minimum Gasteiger partial charge on any atom is -0.497 e. The van der Waals surface area contributed by atoms with Crippen LogP contribution in [0.3, 0.4) is 0 Å². The van der Waals surface area contributed by atoms with E-state index < -0.39 is 0 Å². The Kier molecular flexibility index (Phi) is 6.72. The molecule has 1 saturated heterocycles. The normalized spacial score (nSPS) is 16.7. The molecule has 144 valence electrons. The largest absolute Gasteiger partial charge is 0.497 e. The van der Waals surface area contributed by atoms with Gasteiger partial charge in [-0.1, -0.05) is 29.8 Å². The Hall–Kier alpha value is -2.08. The van der Waals surface area contributed by atoms with E-state index >= 15 is 0 Å². The highest BCUT2D eigenvalue weighted by Crippen LogP contribution is 2.18. The van der Waals surface area contributed by atoms with E-state index in [1.54, 1.807) is 7.11 Å². The van der Waals surface area contributed by atoms with Crippen molar-refractivity contribution in [2.24, 2.45) is 0 Å². The number of anilines is 1. The lowest BCUT2D eigenvalue weighted by Gasteiger charge is -2.37. The molecule has 1 amide bonds. The molecule has 0 aliphatic carbocycles. The molecule has 0 spiro atoms. The molecule has 3 rings (SSSR count). The fourth-order valence-electron chi connectivity index (χ4n) is 3.27. The first-order chi connectivity index (χ1) is 13.0. The van der Waals surface area contributed by atoms with Crippen LogP contribution in [0.5, 0.6) is 5.75 Å². The zero-order chi connectivity index (χ0) is 19.2. The summed E-state index contributed by atoms with van der Waals surface area (Å²) in [6.07, 6.45) is 0. The summed E-state index contributed by atoms with van der Waals surface area (Å²) in [6.45, 7) is 6.51. The number of methoxy groups -OCH3 is 1. The molecule has 0 saturated carbocycles. The average molecular weight is 388 g/mol. The van der Waals surface area contributed by atoms with Crippen LogP contribution in [0.25, 0.3) is 0 Å². The number of benzene rings is 2. The van der Waals surface area contributed by atoms with Crippen LogP contribution in [0.2, 0.25) is 5.02 Å². The van der Waals surface area contributed by atoms with Crippen LogP contribution in [-0.2, 0) is 11.3 Å². The quantitative estimate of drug-likeness (QED) is 0.824. The molecule has 1 fully saturated rings. The molecular formula is C21H26ClN3O2. The van der Waals surface area contributed by atoms with Gasteiger partial charge in [-0.15, -0.1) is 0 Å². The van der Waals surface area contributed by atoms with Crippen molar-refractivity contribution in [1.82, 2.24) is 9.80 Å². The molecule has 1 atom stereocenters. The fourth-order valence-corrected chi connectivity index (χ4v) is 3.40. The molecule has 2 aromatic carbocycles. The zero-order valence-corrected chi connectivity index (χ0v) is 16.6.